The number of ether oxygens (including phenoxy) is 2. The zero-order chi connectivity index (χ0) is 19.4. The maximum Gasteiger partial charge on any atom is 0.257 e. The van der Waals surface area contributed by atoms with Crippen molar-refractivity contribution in [3.05, 3.63) is 23.2 Å². The first-order valence-corrected chi connectivity index (χ1v) is 9.86. The van der Waals surface area contributed by atoms with E-state index in [-0.39, 0.29) is 11.8 Å². The van der Waals surface area contributed by atoms with E-state index in [4.69, 9.17) is 13.9 Å². The summed E-state index contributed by atoms with van der Waals surface area (Å²) in [5.41, 5.74) is 0.587. The fraction of sp³-hybridized carbons (Fsp3) is 0.700. The maximum atomic E-state index is 12.8. The van der Waals surface area contributed by atoms with Gasteiger partial charge >= 0.3 is 0 Å². The van der Waals surface area contributed by atoms with E-state index in [2.05, 4.69) is 0 Å². The third-order valence-electron chi connectivity index (χ3n) is 5.34. The Balaban J connectivity index is 1.53. The number of carbonyl (C=O) groups is 2. The standard InChI is InChI=1S/C20H30N2O5/c1-4-8-22(19(24)17-14-15(2)27-16(17)3)9-5-18(23)21-10-6-20(7-11-21)25-12-13-26-20/h14H,4-13H2,1-3H3. The molecule has 1 spiro atoms. The van der Waals surface area contributed by atoms with Gasteiger partial charge in [-0.25, -0.2) is 0 Å². The van der Waals surface area contributed by atoms with Crippen LogP contribution in [0.1, 0.15) is 54.5 Å². The van der Waals surface area contributed by atoms with Crippen LogP contribution in [-0.4, -0.2) is 66.8 Å². The van der Waals surface area contributed by atoms with Crippen molar-refractivity contribution in [2.24, 2.45) is 0 Å². The Kier molecular flexibility index (Phi) is 6.22. The maximum absolute atomic E-state index is 12.8. The summed E-state index contributed by atoms with van der Waals surface area (Å²) in [7, 11) is 0. The molecule has 3 heterocycles. The van der Waals surface area contributed by atoms with Gasteiger partial charge in [0.05, 0.1) is 18.8 Å². The topological polar surface area (TPSA) is 72.2 Å². The van der Waals surface area contributed by atoms with Gasteiger partial charge in [-0.1, -0.05) is 6.92 Å². The van der Waals surface area contributed by atoms with Gasteiger partial charge in [0, 0.05) is 45.4 Å². The zero-order valence-corrected chi connectivity index (χ0v) is 16.6. The Morgan fingerprint density at radius 3 is 2.37 bits per heavy atom. The molecule has 3 rings (SSSR count). The molecule has 0 aliphatic carbocycles. The first-order chi connectivity index (χ1) is 12.9. The molecular weight excluding hydrogens is 348 g/mol. The predicted octanol–water partition coefficient (Wildman–Crippen LogP) is 2.50. The second-order valence-corrected chi connectivity index (χ2v) is 7.36. The van der Waals surface area contributed by atoms with Crippen molar-refractivity contribution >= 4 is 11.8 Å². The van der Waals surface area contributed by atoms with Crippen LogP contribution >= 0.6 is 0 Å². The van der Waals surface area contributed by atoms with Gasteiger partial charge < -0.3 is 23.7 Å². The van der Waals surface area contributed by atoms with E-state index in [1.54, 1.807) is 17.9 Å². The van der Waals surface area contributed by atoms with Crippen LogP contribution in [0.3, 0.4) is 0 Å². The molecular formula is C20H30N2O5. The lowest BCUT2D eigenvalue weighted by atomic mass is 10.0. The summed E-state index contributed by atoms with van der Waals surface area (Å²) in [6.07, 6.45) is 2.60. The van der Waals surface area contributed by atoms with Gasteiger partial charge in [-0.05, 0) is 26.3 Å². The third-order valence-corrected chi connectivity index (χ3v) is 5.34. The quantitative estimate of drug-likeness (QED) is 0.761. The molecule has 1 aromatic heterocycles. The van der Waals surface area contributed by atoms with Gasteiger partial charge in [0.1, 0.15) is 11.5 Å². The lowest BCUT2D eigenvalue weighted by Crippen LogP contribution is -2.48. The van der Waals surface area contributed by atoms with Crippen LogP contribution in [0.15, 0.2) is 10.5 Å². The minimum absolute atomic E-state index is 0.0654. The molecule has 0 unspecified atom stereocenters. The molecule has 0 aromatic carbocycles. The molecule has 0 saturated carbocycles. The Morgan fingerprint density at radius 2 is 1.81 bits per heavy atom. The van der Waals surface area contributed by atoms with Gasteiger partial charge in [0.2, 0.25) is 5.91 Å². The van der Waals surface area contributed by atoms with Crippen molar-refractivity contribution in [1.82, 2.24) is 9.80 Å². The Hall–Kier alpha value is -1.86. The van der Waals surface area contributed by atoms with Crippen LogP contribution < -0.4 is 0 Å². The van der Waals surface area contributed by atoms with Crippen molar-refractivity contribution in [2.45, 2.75) is 52.2 Å². The van der Waals surface area contributed by atoms with Crippen molar-refractivity contribution in [3.63, 3.8) is 0 Å². The monoisotopic (exact) mass is 378 g/mol. The minimum atomic E-state index is -0.475. The molecule has 2 aliphatic heterocycles. The van der Waals surface area contributed by atoms with E-state index in [0.29, 0.717) is 70.0 Å². The zero-order valence-electron chi connectivity index (χ0n) is 16.6. The summed E-state index contributed by atoms with van der Waals surface area (Å²) in [6, 6.07) is 1.77. The molecule has 2 amide bonds. The summed E-state index contributed by atoms with van der Waals surface area (Å²) < 4.78 is 16.9. The lowest BCUT2D eigenvalue weighted by molar-refractivity contribution is -0.187. The number of aryl methyl sites for hydroxylation is 2. The van der Waals surface area contributed by atoms with Crippen LogP contribution in [0.25, 0.3) is 0 Å². The number of hydrogen-bond acceptors (Lipinski definition) is 5. The Labute approximate surface area is 160 Å². The minimum Gasteiger partial charge on any atom is -0.466 e. The van der Waals surface area contributed by atoms with Crippen LogP contribution in [-0.2, 0) is 14.3 Å². The van der Waals surface area contributed by atoms with E-state index in [1.807, 2.05) is 18.7 Å². The summed E-state index contributed by atoms with van der Waals surface area (Å²) in [4.78, 5) is 29.1. The highest BCUT2D eigenvalue weighted by molar-refractivity contribution is 5.95. The summed E-state index contributed by atoms with van der Waals surface area (Å²) in [6.45, 7) is 9.25. The largest absolute Gasteiger partial charge is 0.466 e. The normalized spacial score (nSPS) is 18.9. The summed E-state index contributed by atoms with van der Waals surface area (Å²) in [5, 5.41) is 0. The Bertz CT molecular complexity index is 668. The first kappa shape index (κ1) is 19.9. The van der Waals surface area contributed by atoms with Crippen LogP contribution in [0.2, 0.25) is 0 Å². The van der Waals surface area contributed by atoms with E-state index in [1.165, 1.54) is 0 Å². The number of rotatable bonds is 6. The van der Waals surface area contributed by atoms with E-state index in [9.17, 15) is 9.59 Å². The number of hydrogen-bond donors (Lipinski definition) is 0. The molecule has 0 N–H and O–H groups in total. The molecule has 0 atom stereocenters. The summed E-state index contributed by atoms with van der Waals surface area (Å²) >= 11 is 0. The highest BCUT2D eigenvalue weighted by Gasteiger charge is 2.40. The molecule has 0 radical (unpaired) electrons. The van der Waals surface area contributed by atoms with Gasteiger partial charge in [-0.15, -0.1) is 0 Å². The van der Waals surface area contributed by atoms with Gasteiger partial charge in [-0.2, -0.15) is 0 Å². The first-order valence-electron chi connectivity index (χ1n) is 9.86. The number of furan rings is 1. The molecule has 27 heavy (non-hydrogen) atoms. The van der Waals surface area contributed by atoms with Crippen molar-refractivity contribution < 1.29 is 23.5 Å². The average molecular weight is 378 g/mol. The van der Waals surface area contributed by atoms with E-state index < -0.39 is 5.79 Å². The Morgan fingerprint density at radius 1 is 1.15 bits per heavy atom. The van der Waals surface area contributed by atoms with Gasteiger partial charge in [0.15, 0.2) is 5.79 Å². The molecule has 2 saturated heterocycles. The molecule has 7 nitrogen and oxygen atoms in total. The molecule has 2 aliphatic rings. The number of amides is 2. The second kappa shape index (κ2) is 8.44. The molecule has 7 heteroatoms. The molecule has 150 valence electrons. The predicted molar refractivity (Wildman–Crippen MR) is 99.4 cm³/mol. The molecule has 2 fully saturated rings. The number of likely N-dealkylation sites (tertiary alicyclic amines) is 1. The van der Waals surface area contributed by atoms with Gasteiger partial charge in [0.25, 0.3) is 5.91 Å². The van der Waals surface area contributed by atoms with Crippen molar-refractivity contribution in [2.75, 3.05) is 39.4 Å². The number of carbonyl (C=O) groups excluding carboxylic acids is 2. The van der Waals surface area contributed by atoms with Crippen LogP contribution in [0.5, 0.6) is 0 Å². The fourth-order valence-corrected chi connectivity index (χ4v) is 3.87. The average Bonchev–Trinajstić information content (AvgIpc) is 3.24. The lowest BCUT2D eigenvalue weighted by Gasteiger charge is -2.37. The van der Waals surface area contributed by atoms with Gasteiger partial charge in [-0.3, -0.25) is 9.59 Å². The van der Waals surface area contributed by atoms with Crippen molar-refractivity contribution in [1.29, 1.82) is 0 Å². The van der Waals surface area contributed by atoms with E-state index >= 15 is 0 Å². The van der Waals surface area contributed by atoms with E-state index in [0.717, 1.165) is 12.2 Å². The second-order valence-electron chi connectivity index (χ2n) is 7.36. The van der Waals surface area contributed by atoms with Crippen LogP contribution in [0, 0.1) is 13.8 Å². The highest BCUT2D eigenvalue weighted by atomic mass is 16.7. The number of piperidine rings is 1. The number of nitrogens with zero attached hydrogens (tertiary/aromatic N) is 2. The fourth-order valence-electron chi connectivity index (χ4n) is 3.87. The highest BCUT2D eigenvalue weighted by Crippen LogP contribution is 2.31. The third kappa shape index (κ3) is 4.52. The SMILES string of the molecule is CCCN(CCC(=O)N1CCC2(CC1)OCCO2)C(=O)c1cc(C)oc1C. The smallest absolute Gasteiger partial charge is 0.257 e. The molecule has 0 bridgehead atoms. The molecule has 1 aromatic rings. The van der Waals surface area contributed by atoms with Crippen LogP contribution in [0.4, 0.5) is 0 Å². The van der Waals surface area contributed by atoms with Crippen molar-refractivity contribution in [3.8, 4) is 0 Å². The summed E-state index contributed by atoms with van der Waals surface area (Å²) in [5.74, 6) is 0.892.